The van der Waals surface area contributed by atoms with Crippen LogP contribution in [0.5, 0.6) is 0 Å². The van der Waals surface area contributed by atoms with E-state index in [1.165, 1.54) is 12.2 Å². The van der Waals surface area contributed by atoms with Gasteiger partial charge >= 0.3 is 19.8 Å². The molecule has 2 fully saturated rings. The van der Waals surface area contributed by atoms with Crippen molar-refractivity contribution in [1.82, 2.24) is 0 Å². The van der Waals surface area contributed by atoms with Gasteiger partial charge in [-0.15, -0.1) is 0 Å². The smallest absolute Gasteiger partial charge is 0.462 e. The first kappa shape index (κ1) is 60.7. The minimum absolute atomic E-state index is 0.0194. The molecule has 1 aliphatic carbocycles. The number of hydrogen-bond acceptors (Lipinski definition) is 15. The number of phosphoric ester groups is 1. The number of cyclic esters (lactones) is 1. The molecule has 1 aliphatic heterocycles. The third-order valence-corrected chi connectivity index (χ3v) is 12.6. The van der Waals surface area contributed by atoms with Crippen LogP contribution in [0.15, 0.2) is 85.1 Å². The van der Waals surface area contributed by atoms with Gasteiger partial charge in [0.2, 0.25) is 0 Å². The van der Waals surface area contributed by atoms with Gasteiger partial charge in [-0.05, 0) is 64.2 Å². The lowest BCUT2D eigenvalue weighted by Crippen LogP contribution is -2.55. The van der Waals surface area contributed by atoms with Crippen LogP contribution < -0.4 is 0 Å². The molecule has 2 rings (SSSR count). The number of rotatable bonds is 22. The second kappa shape index (κ2) is 35.7. The second-order valence-corrected chi connectivity index (χ2v) is 18.8. The number of aliphatic hydroxyl groups is 7. The van der Waals surface area contributed by atoms with Crippen molar-refractivity contribution in [3.8, 4) is 0 Å². The summed E-state index contributed by atoms with van der Waals surface area (Å²) in [7, 11) is -5.47. The summed E-state index contributed by atoms with van der Waals surface area (Å²) in [6, 6.07) is 0. The third kappa shape index (κ3) is 25.5. The molecule has 0 aromatic carbocycles. The van der Waals surface area contributed by atoms with Crippen LogP contribution in [0.1, 0.15) is 136 Å². The van der Waals surface area contributed by atoms with Gasteiger partial charge in [-0.2, -0.15) is 0 Å². The molecule has 1 saturated heterocycles. The third-order valence-electron chi connectivity index (χ3n) is 11.6. The van der Waals surface area contributed by atoms with Crippen molar-refractivity contribution in [3.63, 3.8) is 0 Å². The summed E-state index contributed by atoms with van der Waals surface area (Å²) in [6.45, 7) is 2.64. The number of ketones is 1. The zero-order chi connectivity index (χ0) is 50.2. The Morgan fingerprint density at radius 3 is 1.93 bits per heavy atom. The normalized spacial score (nSPS) is 30.9. The fourth-order valence-electron chi connectivity index (χ4n) is 7.63. The molecule has 386 valence electrons. The van der Waals surface area contributed by atoms with Gasteiger partial charge in [-0.3, -0.25) is 23.4 Å². The van der Waals surface area contributed by atoms with E-state index in [9.17, 15) is 59.6 Å². The van der Waals surface area contributed by atoms with Crippen molar-refractivity contribution >= 4 is 25.5 Å². The molecule has 8 N–H and O–H groups in total. The largest absolute Gasteiger partial charge is 0.472 e. The minimum atomic E-state index is -5.47. The quantitative estimate of drug-likeness (QED) is 0.0244. The summed E-state index contributed by atoms with van der Waals surface area (Å²) in [5.41, 5.74) is 0. The summed E-state index contributed by atoms with van der Waals surface area (Å²) in [4.78, 5) is 50.0. The Morgan fingerprint density at radius 2 is 1.32 bits per heavy atom. The van der Waals surface area contributed by atoms with Gasteiger partial charge in [0, 0.05) is 31.1 Å². The number of carbonyl (C=O) groups is 3. The van der Waals surface area contributed by atoms with Crippen molar-refractivity contribution in [2.45, 2.75) is 191 Å². The van der Waals surface area contributed by atoms with E-state index in [4.69, 9.17) is 18.5 Å². The van der Waals surface area contributed by atoms with Gasteiger partial charge in [-0.1, -0.05) is 137 Å². The lowest BCUT2D eigenvalue weighted by atomic mass is 9.83. The molecule has 1 heterocycles. The van der Waals surface area contributed by atoms with Gasteiger partial charge in [0.15, 0.2) is 6.10 Å². The molecule has 0 spiro atoms. The SMILES string of the molecule is CC/C=C\C/C=C\C/C=C\C/C=C\C/C=C\C/C=C\CCC(=O)OC[C@@H]1COP(=O)(O)O[C@H]2[C@H](O)[C@@H](O)[C@H](O)[C@@H](CCCCCCC(=O)O1)C(=O)C[C@@H](O)[C@H](/C=C/[C@@H](O)CCCCC)[C@@H](O)[C@H]2O. The van der Waals surface area contributed by atoms with Gasteiger partial charge < -0.3 is 50.1 Å². The van der Waals surface area contributed by atoms with Gasteiger partial charge in [0.05, 0.1) is 31.0 Å². The zero-order valence-electron chi connectivity index (χ0n) is 40.1. The molecule has 0 aromatic rings. The molecule has 68 heavy (non-hydrogen) atoms. The first-order valence-corrected chi connectivity index (χ1v) is 26.0. The zero-order valence-corrected chi connectivity index (χ0v) is 41.0. The highest BCUT2D eigenvalue weighted by atomic mass is 31.2. The number of phosphoric acid groups is 1. The van der Waals surface area contributed by atoms with Gasteiger partial charge in [0.1, 0.15) is 36.8 Å². The Kier molecular flexibility index (Phi) is 31.9. The van der Waals surface area contributed by atoms with Crippen molar-refractivity contribution in [3.05, 3.63) is 85.1 Å². The van der Waals surface area contributed by atoms with Gasteiger partial charge in [-0.25, -0.2) is 4.57 Å². The predicted octanol–water partition coefficient (Wildman–Crippen LogP) is 6.64. The number of hydrogen-bond donors (Lipinski definition) is 8. The Balaban J connectivity index is 2.11. The van der Waals surface area contributed by atoms with Crippen LogP contribution >= 0.6 is 7.82 Å². The molecule has 0 radical (unpaired) electrons. The number of carbonyl (C=O) groups excluding carboxylic acids is 3. The summed E-state index contributed by atoms with van der Waals surface area (Å²) >= 11 is 0. The van der Waals surface area contributed by atoms with Crippen LogP contribution in [0.25, 0.3) is 0 Å². The molecule has 2 aliphatic rings. The minimum Gasteiger partial charge on any atom is -0.462 e. The van der Waals surface area contributed by atoms with Crippen molar-refractivity contribution in [2.75, 3.05) is 13.2 Å². The van der Waals surface area contributed by atoms with Crippen LogP contribution in [0.4, 0.5) is 0 Å². The number of fused-ring (bicyclic) bond motifs is 4. The van der Waals surface area contributed by atoms with Crippen molar-refractivity contribution in [2.24, 2.45) is 11.8 Å². The summed E-state index contributed by atoms with van der Waals surface area (Å²) in [6.07, 6.45) is 18.6. The molecule has 1 saturated carbocycles. The highest BCUT2D eigenvalue weighted by Gasteiger charge is 2.49. The summed E-state index contributed by atoms with van der Waals surface area (Å²) < 4.78 is 34.6. The molecule has 0 amide bonds. The summed E-state index contributed by atoms with van der Waals surface area (Å²) in [5.74, 6) is -5.00. The van der Waals surface area contributed by atoms with Crippen LogP contribution in [0.2, 0.25) is 0 Å². The molecule has 1 unspecified atom stereocenters. The molecule has 2 bridgehead atoms. The molecule has 17 heteroatoms. The van der Waals surface area contributed by atoms with E-state index >= 15 is 0 Å². The average molecular weight is 981 g/mol. The predicted molar refractivity (Wildman–Crippen MR) is 259 cm³/mol. The Labute approximate surface area is 403 Å². The fourth-order valence-corrected chi connectivity index (χ4v) is 8.61. The number of Topliss-reactive ketones (excluding diaryl/α,β-unsaturated/α-hetero) is 1. The topological polar surface area (TPSA) is 267 Å². The number of allylic oxidation sites excluding steroid dienone is 12. The maximum absolute atomic E-state index is 13.6. The standard InChI is InChI=1S/C51H81O16P/c1-3-5-7-8-9-10-11-12-13-14-15-16-17-18-19-20-21-22-27-31-44(55)64-36-39-37-65-68(62,63)67-51-49(60)47(58)41(34-33-38(52)29-25-6-4-2)43(54)35-42(53)40(46(57)48(59)50(51)61)30-26-23-24-28-32-45(56)66-39/h5,7,9-10,12-13,15-16,18-19,21-22,33-34,38-41,43,46-52,54,57-61H,3-4,6,8,11,14,17,20,23-32,35-37H2,1-2H3,(H,62,63)/b7-5-,10-9-,13-12-,16-15-,19-18-,22-21-,34-33+/t38-,39+,40-,41-,43+,46+,47+,48-,49+,50+,51+/m0/s1. The molecule has 0 aromatic heterocycles. The van der Waals surface area contributed by atoms with Crippen LogP contribution in [0.3, 0.4) is 0 Å². The van der Waals surface area contributed by atoms with Gasteiger partial charge in [0.25, 0.3) is 0 Å². The Hall–Kier alpha value is -3.38. The van der Waals surface area contributed by atoms with E-state index in [1.54, 1.807) is 0 Å². The highest BCUT2D eigenvalue weighted by Crippen LogP contribution is 2.47. The van der Waals surface area contributed by atoms with E-state index in [1.807, 2.05) is 31.2 Å². The first-order chi connectivity index (χ1) is 32.6. The maximum Gasteiger partial charge on any atom is 0.472 e. The fraction of sp³-hybridized carbons (Fsp3) is 0.667. The number of esters is 2. The second-order valence-electron chi connectivity index (χ2n) is 17.4. The molecule has 16 nitrogen and oxygen atoms in total. The molecular formula is C51H81O16P. The molecule has 12 atom stereocenters. The maximum atomic E-state index is 13.6. The lowest BCUT2D eigenvalue weighted by Gasteiger charge is -2.36. The van der Waals surface area contributed by atoms with E-state index in [0.29, 0.717) is 51.4 Å². The van der Waals surface area contributed by atoms with Crippen LogP contribution in [-0.2, 0) is 37.5 Å². The Bertz CT molecular complexity index is 1690. The highest BCUT2D eigenvalue weighted by molar-refractivity contribution is 7.47. The lowest BCUT2D eigenvalue weighted by molar-refractivity contribution is -0.166. The average Bonchev–Trinajstić information content (AvgIpc) is 3.31. The molecular weight excluding hydrogens is 900 g/mol. The van der Waals surface area contributed by atoms with E-state index in [-0.39, 0.29) is 19.3 Å². The Morgan fingerprint density at radius 1 is 0.750 bits per heavy atom. The van der Waals surface area contributed by atoms with Crippen LogP contribution in [0, 0.1) is 11.8 Å². The van der Waals surface area contributed by atoms with Crippen molar-refractivity contribution in [1.29, 1.82) is 0 Å². The number of aliphatic hydroxyl groups excluding tert-OH is 7. The van der Waals surface area contributed by atoms with E-state index < -0.39 is 112 Å². The monoisotopic (exact) mass is 981 g/mol. The number of unbranched alkanes of at least 4 members (excludes halogenated alkanes) is 2. The van der Waals surface area contributed by atoms with Crippen molar-refractivity contribution < 1.29 is 78.1 Å². The van der Waals surface area contributed by atoms with Crippen LogP contribution in [-0.4, -0.2) is 127 Å². The van der Waals surface area contributed by atoms with E-state index in [2.05, 4.69) is 55.5 Å². The van der Waals surface area contributed by atoms with E-state index in [0.717, 1.165) is 44.9 Å². The number of ether oxygens (including phenoxy) is 2. The summed E-state index contributed by atoms with van der Waals surface area (Å²) in [5, 5.41) is 78.5. The first-order valence-electron chi connectivity index (χ1n) is 24.5.